The standard InChI is InChI=1S/C16H20N2O6/c1-17-8-3-9-18(15(17)23)12-6-4-11(5-7-12)10-16(24-2,13(19)20)14(21)22/h4-7H,3,8-10H2,1-2H3,(H,19,20)(H,21,22). The van der Waals surface area contributed by atoms with Gasteiger partial charge < -0.3 is 19.8 Å². The fourth-order valence-corrected chi connectivity index (χ4v) is 2.67. The molecule has 1 aliphatic rings. The highest BCUT2D eigenvalue weighted by Crippen LogP contribution is 2.23. The van der Waals surface area contributed by atoms with Crippen molar-refractivity contribution < 1.29 is 29.3 Å². The van der Waals surface area contributed by atoms with E-state index in [1.165, 1.54) is 0 Å². The molecule has 0 aliphatic carbocycles. The number of carbonyl (C=O) groups excluding carboxylic acids is 1. The Morgan fingerprint density at radius 2 is 1.75 bits per heavy atom. The molecule has 0 unspecified atom stereocenters. The van der Waals surface area contributed by atoms with Crippen molar-refractivity contribution in [1.82, 2.24) is 4.90 Å². The lowest BCUT2D eigenvalue weighted by molar-refractivity contribution is -0.179. The summed E-state index contributed by atoms with van der Waals surface area (Å²) in [6.45, 7) is 1.32. The maximum atomic E-state index is 12.1. The highest BCUT2D eigenvalue weighted by Gasteiger charge is 2.47. The van der Waals surface area contributed by atoms with Crippen LogP contribution in [0.1, 0.15) is 12.0 Å². The predicted octanol–water partition coefficient (Wildman–Crippen LogP) is 1.05. The summed E-state index contributed by atoms with van der Waals surface area (Å²) in [4.78, 5) is 38.1. The van der Waals surface area contributed by atoms with Crippen LogP contribution < -0.4 is 4.90 Å². The highest BCUT2D eigenvalue weighted by molar-refractivity contribution is 6.02. The van der Waals surface area contributed by atoms with Crippen molar-refractivity contribution in [2.24, 2.45) is 0 Å². The van der Waals surface area contributed by atoms with Crippen LogP contribution in [0.3, 0.4) is 0 Å². The first-order valence-corrected chi connectivity index (χ1v) is 7.45. The van der Waals surface area contributed by atoms with Crippen molar-refractivity contribution >= 4 is 23.7 Å². The predicted molar refractivity (Wildman–Crippen MR) is 85.1 cm³/mol. The molecule has 0 atom stereocenters. The summed E-state index contributed by atoms with van der Waals surface area (Å²) in [5.41, 5.74) is -1.16. The fourth-order valence-electron chi connectivity index (χ4n) is 2.67. The molecule has 8 nitrogen and oxygen atoms in total. The van der Waals surface area contributed by atoms with Crippen LogP contribution in [0.25, 0.3) is 0 Å². The summed E-state index contributed by atoms with van der Waals surface area (Å²) in [6, 6.07) is 6.47. The Labute approximate surface area is 139 Å². The lowest BCUT2D eigenvalue weighted by atomic mass is 9.94. The number of anilines is 1. The normalized spacial score (nSPS) is 15.5. The van der Waals surface area contributed by atoms with E-state index in [1.54, 1.807) is 41.1 Å². The van der Waals surface area contributed by atoms with Gasteiger partial charge in [0.05, 0.1) is 0 Å². The third kappa shape index (κ3) is 3.18. The van der Waals surface area contributed by atoms with Crippen LogP contribution in [0.4, 0.5) is 10.5 Å². The molecule has 1 aromatic carbocycles. The maximum absolute atomic E-state index is 12.1. The molecule has 0 aromatic heterocycles. The number of methoxy groups -OCH3 is 1. The molecule has 0 saturated carbocycles. The van der Waals surface area contributed by atoms with Crippen LogP contribution in [-0.2, 0) is 20.7 Å². The van der Waals surface area contributed by atoms with E-state index in [0.717, 1.165) is 13.5 Å². The zero-order valence-corrected chi connectivity index (χ0v) is 13.6. The molecule has 1 aromatic rings. The Morgan fingerprint density at radius 1 is 1.17 bits per heavy atom. The number of urea groups is 1. The minimum Gasteiger partial charge on any atom is -0.479 e. The quantitative estimate of drug-likeness (QED) is 0.752. The number of carboxylic acid groups (broad SMARTS) is 2. The Hall–Kier alpha value is -2.61. The summed E-state index contributed by atoms with van der Waals surface area (Å²) < 4.78 is 4.77. The number of carbonyl (C=O) groups is 3. The van der Waals surface area contributed by atoms with Crippen LogP contribution in [-0.4, -0.2) is 65.9 Å². The third-order valence-electron chi connectivity index (χ3n) is 4.17. The van der Waals surface area contributed by atoms with Crippen LogP contribution in [0.15, 0.2) is 24.3 Å². The van der Waals surface area contributed by atoms with Crippen LogP contribution >= 0.6 is 0 Å². The summed E-state index contributed by atoms with van der Waals surface area (Å²) >= 11 is 0. The Balaban J connectivity index is 2.21. The molecule has 0 spiro atoms. The second kappa shape index (κ2) is 6.88. The van der Waals surface area contributed by atoms with Crippen LogP contribution in [0.2, 0.25) is 0 Å². The second-order valence-corrected chi connectivity index (χ2v) is 5.69. The molecule has 1 saturated heterocycles. The van der Waals surface area contributed by atoms with Crippen molar-refractivity contribution in [2.75, 3.05) is 32.1 Å². The minimum absolute atomic E-state index is 0.101. The zero-order valence-electron chi connectivity index (χ0n) is 13.6. The van der Waals surface area contributed by atoms with Crippen LogP contribution in [0.5, 0.6) is 0 Å². The monoisotopic (exact) mass is 336 g/mol. The topological polar surface area (TPSA) is 107 Å². The van der Waals surface area contributed by atoms with E-state index in [-0.39, 0.29) is 12.5 Å². The lowest BCUT2D eigenvalue weighted by Gasteiger charge is -2.33. The van der Waals surface area contributed by atoms with Gasteiger partial charge in [-0.1, -0.05) is 12.1 Å². The third-order valence-corrected chi connectivity index (χ3v) is 4.17. The van der Waals surface area contributed by atoms with Crippen molar-refractivity contribution in [3.8, 4) is 0 Å². The molecule has 24 heavy (non-hydrogen) atoms. The van der Waals surface area contributed by atoms with Crippen molar-refractivity contribution in [1.29, 1.82) is 0 Å². The number of rotatable bonds is 6. The van der Waals surface area contributed by atoms with Crippen LogP contribution in [0, 0.1) is 0 Å². The largest absolute Gasteiger partial charge is 0.479 e. The minimum atomic E-state index is -2.33. The number of ether oxygens (including phenoxy) is 1. The molecule has 0 radical (unpaired) electrons. The number of hydrogen-bond donors (Lipinski definition) is 2. The van der Waals surface area contributed by atoms with Gasteiger partial charge in [0.15, 0.2) is 0 Å². The fraction of sp³-hybridized carbons (Fsp3) is 0.438. The number of hydrogen-bond acceptors (Lipinski definition) is 4. The molecule has 2 N–H and O–H groups in total. The molecule has 1 heterocycles. The smallest absolute Gasteiger partial charge is 0.348 e. The van der Waals surface area contributed by atoms with E-state index in [2.05, 4.69) is 0 Å². The van der Waals surface area contributed by atoms with Gasteiger partial charge in [0.25, 0.3) is 5.60 Å². The van der Waals surface area contributed by atoms with Gasteiger partial charge in [-0.3, -0.25) is 4.90 Å². The van der Waals surface area contributed by atoms with Gasteiger partial charge in [0.1, 0.15) is 0 Å². The SMILES string of the molecule is COC(Cc1ccc(N2CCCN(C)C2=O)cc1)(C(=O)O)C(=O)O. The summed E-state index contributed by atoms with van der Waals surface area (Å²) in [7, 11) is 2.79. The van der Waals surface area contributed by atoms with Gasteiger partial charge in [-0.2, -0.15) is 0 Å². The average Bonchev–Trinajstić information content (AvgIpc) is 2.55. The van der Waals surface area contributed by atoms with Gasteiger partial charge in [-0.25, -0.2) is 14.4 Å². The maximum Gasteiger partial charge on any atom is 0.348 e. The number of aliphatic carboxylic acids is 2. The Morgan fingerprint density at radius 3 is 2.25 bits per heavy atom. The van der Waals surface area contributed by atoms with Gasteiger partial charge in [-0.15, -0.1) is 0 Å². The molecule has 1 aliphatic heterocycles. The first-order valence-electron chi connectivity index (χ1n) is 7.45. The molecule has 8 heteroatoms. The number of amides is 2. The number of benzene rings is 1. The molecule has 0 bridgehead atoms. The molecular weight excluding hydrogens is 316 g/mol. The van der Waals surface area contributed by atoms with E-state index in [4.69, 9.17) is 4.74 Å². The van der Waals surface area contributed by atoms with Gasteiger partial charge in [0, 0.05) is 39.4 Å². The van der Waals surface area contributed by atoms with Crippen molar-refractivity contribution in [2.45, 2.75) is 18.4 Å². The summed E-state index contributed by atoms with van der Waals surface area (Å²) in [5.74, 6) is -3.12. The average molecular weight is 336 g/mol. The Bertz CT molecular complexity index is 628. The Kier molecular flexibility index (Phi) is 5.08. The highest BCUT2D eigenvalue weighted by atomic mass is 16.5. The molecule has 2 amide bonds. The van der Waals surface area contributed by atoms with E-state index in [9.17, 15) is 24.6 Å². The van der Waals surface area contributed by atoms with Gasteiger partial charge in [-0.05, 0) is 24.1 Å². The summed E-state index contributed by atoms with van der Waals surface area (Å²) in [5, 5.41) is 18.4. The lowest BCUT2D eigenvalue weighted by Crippen LogP contribution is -2.50. The molecule has 2 rings (SSSR count). The van der Waals surface area contributed by atoms with E-state index in [1.807, 2.05) is 0 Å². The van der Waals surface area contributed by atoms with E-state index in [0.29, 0.717) is 24.3 Å². The zero-order chi connectivity index (χ0) is 17.9. The molecule has 130 valence electrons. The number of carboxylic acids is 2. The van der Waals surface area contributed by atoms with E-state index < -0.39 is 17.5 Å². The second-order valence-electron chi connectivity index (χ2n) is 5.69. The van der Waals surface area contributed by atoms with Gasteiger partial charge >= 0.3 is 18.0 Å². The summed E-state index contributed by atoms with van der Waals surface area (Å²) in [6.07, 6.45) is 0.539. The van der Waals surface area contributed by atoms with Gasteiger partial charge in [0.2, 0.25) is 0 Å². The number of nitrogens with zero attached hydrogens (tertiary/aromatic N) is 2. The first-order chi connectivity index (χ1) is 11.3. The van der Waals surface area contributed by atoms with Crippen molar-refractivity contribution in [3.05, 3.63) is 29.8 Å². The molecule has 1 fully saturated rings. The first kappa shape index (κ1) is 17.7. The van der Waals surface area contributed by atoms with Crippen molar-refractivity contribution in [3.63, 3.8) is 0 Å². The molecular formula is C16H20N2O6. The van der Waals surface area contributed by atoms with E-state index >= 15 is 0 Å².